The number of carbonyl (C=O) groups is 1. The Kier molecular flexibility index (Phi) is 5.20. The molecule has 1 unspecified atom stereocenters. The molecular formula is C14H21ClN2O2. The maximum absolute atomic E-state index is 12.2. The minimum atomic E-state index is -0.389. The molecule has 3 N–H and O–H groups in total. The molecule has 19 heavy (non-hydrogen) atoms. The molecule has 1 aromatic rings. The molecule has 1 atom stereocenters. The number of para-hydroxylation sites is 1. The molecule has 2 rings (SSSR count). The van der Waals surface area contributed by atoms with Crippen LogP contribution in [0.25, 0.3) is 0 Å². The topological polar surface area (TPSA) is 64.3 Å². The summed E-state index contributed by atoms with van der Waals surface area (Å²) in [5.74, 6) is 0.720. The highest BCUT2D eigenvalue weighted by Crippen LogP contribution is 2.33. The first-order chi connectivity index (χ1) is 8.47. The van der Waals surface area contributed by atoms with Crippen molar-refractivity contribution in [1.29, 1.82) is 0 Å². The number of benzene rings is 1. The van der Waals surface area contributed by atoms with E-state index in [4.69, 9.17) is 10.5 Å². The third kappa shape index (κ3) is 4.11. The Hall–Kier alpha value is -1.26. The average molecular weight is 285 g/mol. The Balaban J connectivity index is 0.00000180. The van der Waals surface area contributed by atoms with Gasteiger partial charge < -0.3 is 15.8 Å². The zero-order chi connectivity index (χ0) is 13.2. The van der Waals surface area contributed by atoms with Gasteiger partial charge in [0, 0.05) is 17.6 Å². The zero-order valence-electron chi connectivity index (χ0n) is 11.3. The van der Waals surface area contributed by atoms with Crippen LogP contribution < -0.4 is 15.8 Å². The summed E-state index contributed by atoms with van der Waals surface area (Å²) in [6.07, 6.45) is 0.716. The van der Waals surface area contributed by atoms with Crippen LogP contribution in [0.2, 0.25) is 0 Å². The van der Waals surface area contributed by atoms with Crippen molar-refractivity contribution in [3.63, 3.8) is 0 Å². The monoisotopic (exact) mass is 284 g/mol. The van der Waals surface area contributed by atoms with Crippen molar-refractivity contribution in [1.82, 2.24) is 5.32 Å². The Morgan fingerprint density at radius 1 is 1.47 bits per heavy atom. The van der Waals surface area contributed by atoms with E-state index in [-0.39, 0.29) is 29.8 Å². The van der Waals surface area contributed by atoms with Crippen LogP contribution in [0.1, 0.15) is 31.7 Å². The number of ether oxygens (including phenoxy) is 1. The average Bonchev–Trinajstić information content (AvgIpc) is 2.34. The quantitative estimate of drug-likeness (QED) is 0.890. The van der Waals surface area contributed by atoms with Gasteiger partial charge >= 0.3 is 0 Å². The molecule has 1 heterocycles. The highest BCUT2D eigenvalue weighted by Gasteiger charge is 2.27. The van der Waals surface area contributed by atoms with Crippen molar-refractivity contribution in [2.24, 2.45) is 5.73 Å². The van der Waals surface area contributed by atoms with E-state index in [0.717, 1.165) is 11.3 Å². The molecular weight excluding hydrogens is 264 g/mol. The van der Waals surface area contributed by atoms with Crippen LogP contribution >= 0.6 is 12.4 Å². The molecule has 1 aliphatic heterocycles. The smallest absolute Gasteiger partial charge is 0.227 e. The van der Waals surface area contributed by atoms with Crippen LogP contribution in [0.5, 0.6) is 5.75 Å². The van der Waals surface area contributed by atoms with Crippen molar-refractivity contribution in [3.05, 3.63) is 29.8 Å². The second-order valence-corrected chi connectivity index (χ2v) is 5.43. The summed E-state index contributed by atoms with van der Waals surface area (Å²) in [5, 5.41) is 2.91. The molecule has 0 aliphatic carbocycles. The molecule has 5 heteroatoms. The normalized spacial score (nSPS) is 17.7. The first-order valence-corrected chi connectivity index (χ1v) is 6.26. The molecule has 1 amide bonds. The number of rotatable bonds is 3. The van der Waals surface area contributed by atoms with Gasteiger partial charge in [-0.3, -0.25) is 4.79 Å². The number of hydrogen-bond donors (Lipinski definition) is 2. The number of fused-ring (bicyclic) bond motifs is 1. The molecule has 0 fully saturated rings. The van der Waals surface area contributed by atoms with E-state index < -0.39 is 0 Å². The predicted molar refractivity (Wildman–Crippen MR) is 77.8 cm³/mol. The van der Waals surface area contributed by atoms with E-state index in [2.05, 4.69) is 5.32 Å². The minimum Gasteiger partial charge on any atom is -0.493 e. The van der Waals surface area contributed by atoms with Crippen molar-refractivity contribution in [2.45, 2.75) is 31.7 Å². The van der Waals surface area contributed by atoms with Gasteiger partial charge in [-0.15, -0.1) is 12.4 Å². The number of nitrogens with one attached hydrogen (secondary N) is 1. The van der Waals surface area contributed by atoms with Gasteiger partial charge in [0.2, 0.25) is 5.91 Å². The van der Waals surface area contributed by atoms with Gasteiger partial charge in [-0.2, -0.15) is 0 Å². The summed E-state index contributed by atoms with van der Waals surface area (Å²) in [6.45, 7) is 4.85. The Bertz CT molecular complexity index is 443. The summed E-state index contributed by atoms with van der Waals surface area (Å²) in [7, 11) is 0. The van der Waals surface area contributed by atoms with Crippen LogP contribution in [-0.2, 0) is 4.79 Å². The molecule has 0 aromatic heterocycles. The molecule has 1 aliphatic rings. The van der Waals surface area contributed by atoms with Gasteiger partial charge in [0.05, 0.1) is 12.5 Å². The number of nitrogens with two attached hydrogens (primary N) is 1. The largest absolute Gasteiger partial charge is 0.493 e. The maximum atomic E-state index is 12.2. The summed E-state index contributed by atoms with van der Waals surface area (Å²) >= 11 is 0. The lowest BCUT2D eigenvalue weighted by Gasteiger charge is -2.26. The standard InChI is InChI=1S/C14H20N2O2.ClH/c1-14(2,15)9-16-13(17)11-7-8-18-12-6-4-3-5-10(11)12;/h3-6,11H,7-9,15H2,1-2H3,(H,16,17);1H. The van der Waals surface area contributed by atoms with Gasteiger partial charge in [-0.1, -0.05) is 18.2 Å². The van der Waals surface area contributed by atoms with Gasteiger partial charge in [0.1, 0.15) is 5.75 Å². The molecule has 0 saturated heterocycles. The summed E-state index contributed by atoms with van der Waals surface area (Å²) < 4.78 is 5.54. The van der Waals surface area contributed by atoms with Crippen LogP contribution in [0.15, 0.2) is 24.3 Å². The van der Waals surface area contributed by atoms with E-state index in [1.807, 2.05) is 38.1 Å². The fourth-order valence-corrected chi connectivity index (χ4v) is 2.05. The molecule has 0 spiro atoms. The number of hydrogen-bond acceptors (Lipinski definition) is 3. The summed E-state index contributed by atoms with van der Waals surface area (Å²) in [6, 6.07) is 7.71. The van der Waals surface area contributed by atoms with Crippen molar-refractivity contribution in [2.75, 3.05) is 13.2 Å². The van der Waals surface area contributed by atoms with Crippen LogP contribution in [0, 0.1) is 0 Å². The van der Waals surface area contributed by atoms with E-state index in [1.165, 1.54) is 0 Å². The third-order valence-corrected chi connectivity index (χ3v) is 2.99. The van der Waals surface area contributed by atoms with E-state index >= 15 is 0 Å². The second kappa shape index (κ2) is 6.26. The van der Waals surface area contributed by atoms with Crippen LogP contribution in [0.3, 0.4) is 0 Å². The fourth-order valence-electron chi connectivity index (χ4n) is 2.05. The fraction of sp³-hybridized carbons (Fsp3) is 0.500. The van der Waals surface area contributed by atoms with Crippen LogP contribution in [-0.4, -0.2) is 24.6 Å². The number of halogens is 1. The lowest BCUT2D eigenvalue weighted by Crippen LogP contribution is -2.46. The number of carbonyl (C=O) groups excluding carboxylic acids is 1. The molecule has 0 bridgehead atoms. The molecule has 1 aromatic carbocycles. The van der Waals surface area contributed by atoms with Crippen molar-refractivity contribution in [3.8, 4) is 5.75 Å². The van der Waals surface area contributed by atoms with E-state index in [0.29, 0.717) is 19.6 Å². The second-order valence-electron chi connectivity index (χ2n) is 5.43. The molecule has 0 radical (unpaired) electrons. The lowest BCUT2D eigenvalue weighted by molar-refractivity contribution is -0.123. The SMILES string of the molecule is CC(C)(N)CNC(=O)C1CCOc2ccccc21.Cl. The first kappa shape index (κ1) is 15.8. The number of amides is 1. The minimum absolute atomic E-state index is 0. The van der Waals surface area contributed by atoms with Gasteiger partial charge in [-0.25, -0.2) is 0 Å². The predicted octanol–water partition coefficient (Wildman–Crippen LogP) is 1.83. The van der Waals surface area contributed by atoms with Gasteiger partial charge in [0.15, 0.2) is 0 Å². The Morgan fingerprint density at radius 2 is 2.16 bits per heavy atom. The molecule has 0 saturated carbocycles. The highest BCUT2D eigenvalue weighted by molar-refractivity contribution is 5.85. The summed E-state index contributed by atoms with van der Waals surface area (Å²) in [5.41, 5.74) is 6.45. The third-order valence-electron chi connectivity index (χ3n) is 2.99. The lowest BCUT2D eigenvalue weighted by atomic mass is 9.92. The molecule has 106 valence electrons. The summed E-state index contributed by atoms with van der Waals surface area (Å²) in [4.78, 5) is 12.2. The van der Waals surface area contributed by atoms with Gasteiger partial charge in [0.25, 0.3) is 0 Å². The van der Waals surface area contributed by atoms with Crippen molar-refractivity contribution >= 4 is 18.3 Å². The first-order valence-electron chi connectivity index (χ1n) is 6.26. The zero-order valence-corrected chi connectivity index (χ0v) is 12.1. The maximum Gasteiger partial charge on any atom is 0.227 e. The highest BCUT2D eigenvalue weighted by atomic mass is 35.5. The Morgan fingerprint density at radius 3 is 2.84 bits per heavy atom. The van der Waals surface area contributed by atoms with Crippen LogP contribution in [0.4, 0.5) is 0 Å². The van der Waals surface area contributed by atoms with E-state index in [9.17, 15) is 4.79 Å². The van der Waals surface area contributed by atoms with Gasteiger partial charge in [-0.05, 0) is 26.3 Å². The van der Waals surface area contributed by atoms with E-state index in [1.54, 1.807) is 0 Å². The molecule has 4 nitrogen and oxygen atoms in total. The Labute approximate surface area is 120 Å². The van der Waals surface area contributed by atoms with Crippen molar-refractivity contribution < 1.29 is 9.53 Å².